The number of nitriles is 1. The lowest BCUT2D eigenvalue weighted by Gasteiger charge is -2.42. The van der Waals surface area contributed by atoms with Crippen molar-refractivity contribution >= 4 is 34.0 Å². The van der Waals surface area contributed by atoms with Crippen LogP contribution >= 0.6 is 23.1 Å². The maximum Gasteiger partial charge on any atom is 0.219 e. The van der Waals surface area contributed by atoms with Gasteiger partial charge in [-0.25, -0.2) is 0 Å². The van der Waals surface area contributed by atoms with Crippen molar-refractivity contribution in [1.82, 2.24) is 10.2 Å². The number of carbonyl (C=O) groups is 1. The predicted octanol–water partition coefficient (Wildman–Crippen LogP) is 4.99. The van der Waals surface area contributed by atoms with E-state index in [1.165, 1.54) is 11.3 Å². The largest absolute Gasteiger partial charge is 0.494 e. The molecule has 9 heteroatoms. The fourth-order valence-electron chi connectivity index (χ4n) is 4.46. The first-order chi connectivity index (χ1) is 15.8. The van der Waals surface area contributed by atoms with Gasteiger partial charge in [-0.05, 0) is 42.2 Å². The Bertz CT molecular complexity index is 1170. The third-order valence-corrected chi connectivity index (χ3v) is 7.68. The standard InChI is InChI=1S/C24H27N5O2S2/c1-5-31-15-9-7-14(8-10-15)19-16(13-25)21(26)29(22-27-28-23(33-22)32-6-2)17-11-24(3,4)12-18(30)20(17)19/h7-10,19H,5-6,11-12,26H2,1-4H3. The van der Waals surface area contributed by atoms with E-state index in [0.717, 1.165) is 27.1 Å². The molecule has 1 atom stereocenters. The number of carbonyl (C=O) groups excluding carboxylic acids is 1. The summed E-state index contributed by atoms with van der Waals surface area (Å²) in [5.74, 6) is 1.46. The summed E-state index contributed by atoms with van der Waals surface area (Å²) in [6, 6.07) is 9.85. The van der Waals surface area contributed by atoms with Crippen LogP contribution in [-0.2, 0) is 4.79 Å². The molecule has 0 amide bonds. The topological polar surface area (TPSA) is 105 Å². The van der Waals surface area contributed by atoms with Crippen molar-refractivity contribution in [3.8, 4) is 11.8 Å². The summed E-state index contributed by atoms with van der Waals surface area (Å²) in [5.41, 5.74) is 9.05. The van der Waals surface area contributed by atoms with Crippen LogP contribution in [0.1, 0.15) is 52.0 Å². The molecule has 172 valence electrons. The molecule has 0 bridgehead atoms. The highest BCUT2D eigenvalue weighted by atomic mass is 32.2. The molecular formula is C24H27N5O2S2. The Morgan fingerprint density at radius 1 is 1.27 bits per heavy atom. The van der Waals surface area contributed by atoms with Gasteiger partial charge in [-0.3, -0.25) is 9.69 Å². The first kappa shape index (κ1) is 23.3. The highest BCUT2D eigenvalue weighted by molar-refractivity contribution is 8.01. The SMILES string of the molecule is CCOc1ccc(C2C(C#N)=C(N)N(c3nnc(SCC)s3)C3=C2C(=O)CC(C)(C)C3)cc1. The van der Waals surface area contributed by atoms with Gasteiger partial charge < -0.3 is 10.5 Å². The zero-order valence-corrected chi connectivity index (χ0v) is 20.8. The van der Waals surface area contributed by atoms with Crippen molar-refractivity contribution in [3.63, 3.8) is 0 Å². The van der Waals surface area contributed by atoms with Gasteiger partial charge in [0.15, 0.2) is 10.1 Å². The van der Waals surface area contributed by atoms with Crippen LogP contribution in [0.2, 0.25) is 0 Å². The van der Waals surface area contributed by atoms with Gasteiger partial charge in [-0.15, -0.1) is 10.2 Å². The van der Waals surface area contributed by atoms with Gasteiger partial charge in [-0.2, -0.15) is 5.26 Å². The third kappa shape index (κ3) is 4.37. The van der Waals surface area contributed by atoms with E-state index in [1.807, 2.05) is 31.2 Å². The van der Waals surface area contributed by atoms with E-state index < -0.39 is 5.92 Å². The molecule has 0 saturated heterocycles. The molecule has 1 aromatic carbocycles. The number of hydrogen-bond acceptors (Lipinski definition) is 9. The van der Waals surface area contributed by atoms with Crippen molar-refractivity contribution in [2.24, 2.45) is 11.1 Å². The fraction of sp³-hybridized carbons (Fsp3) is 0.417. The first-order valence-electron chi connectivity index (χ1n) is 10.9. The van der Waals surface area contributed by atoms with Gasteiger partial charge >= 0.3 is 0 Å². The summed E-state index contributed by atoms with van der Waals surface area (Å²) in [6.07, 6.45) is 1.07. The minimum Gasteiger partial charge on any atom is -0.494 e. The zero-order chi connectivity index (χ0) is 23.8. The average molecular weight is 482 g/mol. The lowest BCUT2D eigenvalue weighted by molar-refractivity contribution is -0.118. The molecule has 0 fully saturated rings. The zero-order valence-electron chi connectivity index (χ0n) is 19.2. The Kier molecular flexibility index (Phi) is 6.50. The molecule has 2 aromatic rings. The van der Waals surface area contributed by atoms with E-state index in [-0.39, 0.29) is 11.2 Å². The molecule has 33 heavy (non-hydrogen) atoms. The molecule has 2 N–H and O–H groups in total. The van der Waals surface area contributed by atoms with E-state index in [1.54, 1.807) is 16.7 Å². The van der Waals surface area contributed by atoms with Crippen LogP contribution in [0.5, 0.6) is 5.75 Å². The highest BCUT2D eigenvalue weighted by Gasteiger charge is 2.45. The normalized spacial score (nSPS) is 20.0. The van der Waals surface area contributed by atoms with E-state index in [0.29, 0.717) is 41.5 Å². The van der Waals surface area contributed by atoms with E-state index >= 15 is 0 Å². The lowest BCUT2D eigenvalue weighted by Crippen LogP contribution is -2.42. The summed E-state index contributed by atoms with van der Waals surface area (Å²) < 4.78 is 6.40. The number of allylic oxidation sites excluding steroid dienone is 3. The number of Topliss-reactive ketones (excluding diaryl/α,β-unsaturated/α-hetero) is 1. The Morgan fingerprint density at radius 2 is 2.00 bits per heavy atom. The molecular weight excluding hydrogens is 454 g/mol. The smallest absolute Gasteiger partial charge is 0.219 e. The molecule has 1 aliphatic heterocycles. The number of nitrogens with zero attached hydrogens (tertiary/aromatic N) is 4. The van der Waals surface area contributed by atoms with Crippen molar-refractivity contribution in [2.45, 2.75) is 50.8 Å². The fourth-order valence-corrected chi connectivity index (χ4v) is 6.24. The second kappa shape index (κ2) is 9.20. The first-order valence-corrected chi connectivity index (χ1v) is 12.7. The monoisotopic (exact) mass is 481 g/mol. The van der Waals surface area contributed by atoms with Crippen LogP contribution in [-0.4, -0.2) is 28.3 Å². The van der Waals surface area contributed by atoms with E-state index in [4.69, 9.17) is 10.5 Å². The number of benzene rings is 1. The minimum atomic E-state index is -0.516. The molecule has 2 heterocycles. The van der Waals surface area contributed by atoms with Gasteiger partial charge in [0.25, 0.3) is 0 Å². The summed E-state index contributed by atoms with van der Waals surface area (Å²) in [6.45, 7) is 8.71. The number of aromatic nitrogens is 2. The highest BCUT2D eigenvalue weighted by Crippen LogP contribution is 2.50. The van der Waals surface area contributed by atoms with E-state index in [2.05, 4.69) is 37.0 Å². The van der Waals surface area contributed by atoms with Crippen molar-refractivity contribution in [2.75, 3.05) is 17.3 Å². The average Bonchev–Trinajstić information content (AvgIpc) is 3.21. The summed E-state index contributed by atoms with van der Waals surface area (Å²) in [7, 11) is 0. The molecule has 2 aliphatic rings. The molecule has 7 nitrogen and oxygen atoms in total. The Labute approximate surface area is 202 Å². The molecule has 0 radical (unpaired) electrons. The van der Waals surface area contributed by atoms with Crippen molar-refractivity contribution < 1.29 is 9.53 Å². The van der Waals surface area contributed by atoms with Gasteiger partial charge in [0.1, 0.15) is 11.6 Å². The molecule has 1 aliphatic carbocycles. The predicted molar refractivity (Wildman–Crippen MR) is 131 cm³/mol. The number of thioether (sulfide) groups is 1. The second-order valence-electron chi connectivity index (χ2n) is 8.77. The van der Waals surface area contributed by atoms with Crippen molar-refractivity contribution in [3.05, 3.63) is 52.5 Å². The van der Waals surface area contributed by atoms with Crippen LogP contribution in [0.25, 0.3) is 0 Å². The number of nitrogens with two attached hydrogens (primary N) is 1. The maximum absolute atomic E-state index is 13.5. The second-order valence-corrected chi connectivity index (χ2v) is 11.2. The van der Waals surface area contributed by atoms with Gasteiger partial charge in [0.05, 0.1) is 24.2 Å². The third-order valence-electron chi connectivity index (χ3n) is 5.76. The lowest BCUT2D eigenvalue weighted by atomic mass is 9.68. The molecule has 1 unspecified atom stereocenters. The summed E-state index contributed by atoms with van der Waals surface area (Å²) in [4.78, 5) is 15.3. The maximum atomic E-state index is 13.5. The van der Waals surface area contributed by atoms with Crippen LogP contribution < -0.4 is 15.4 Å². The quantitative estimate of drug-likeness (QED) is 0.575. The number of ether oxygens (including phenoxy) is 1. The van der Waals surface area contributed by atoms with Crippen LogP contribution in [0.15, 0.2) is 51.3 Å². The summed E-state index contributed by atoms with van der Waals surface area (Å²) >= 11 is 3.02. The minimum absolute atomic E-state index is 0.0399. The van der Waals surface area contributed by atoms with E-state index in [9.17, 15) is 10.1 Å². The van der Waals surface area contributed by atoms with Crippen LogP contribution in [0.4, 0.5) is 5.13 Å². The molecule has 0 spiro atoms. The number of anilines is 1. The van der Waals surface area contributed by atoms with Gasteiger partial charge in [0.2, 0.25) is 5.13 Å². The van der Waals surface area contributed by atoms with Crippen LogP contribution in [0.3, 0.4) is 0 Å². The van der Waals surface area contributed by atoms with Gasteiger partial charge in [0, 0.05) is 17.7 Å². The van der Waals surface area contributed by atoms with Gasteiger partial charge in [-0.1, -0.05) is 56.0 Å². The molecule has 4 rings (SSSR count). The van der Waals surface area contributed by atoms with Crippen LogP contribution in [0, 0.1) is 16.7 Å². The Hall–Kier alpha value is -2.83. The van der Waals surface area contributed by atoms with Crippen molar-refractivity contribution in [1.29, 1.82) is 5.26 Å². The Balaban J connectivity index is 1.89. The number of ketones is 1. The number of hydrogen-bond donors (Lipinski definition) is 1. The molecule has 1 aromatic heterocycles. The summed E-state index contributed by atoms with van der Waals surface area (Å²) in [5, 5.41) is 19.4. The molecule has 0 saturated carbocycles. The number of rotatable bonds is 6. The Morgan fingerprint density at radius 3 is 2.64 bits per heavy atom.